The van der Waals surface area contributed by atoms with Crippen LogP contribution in [0.4, 0.5) is 0 Å². The van der Waals surface area contributed by atoms with Gasteiger partial charge in [0.1, 0.15) is 23.9 Å². The molecule has 4 rings (SSSR count). The van der Waals surface area contributed by atoms with E-state index in [1.807, 2.05) is 71.0 Å². The number of hydrogen-bond donors (Lipinski definition) is 1. The second kappa shape index (κ2) is 39.5. The molecule has 1 N–H and O–H groups in total. The van der Waals surface area contributed by atoms with Crippen LogP contribution in [0.2, 0.25) is 0 Å². The highest BCUT2D eigenvalue weighted by atomic mass is 16.3. The summed E-state index contributed by atoms with van der Waals surface area (Å²) in [6, 6.07) is 11.2. The Morgan fingerprint density at radius 3 is 1.52 bits per heavy atom. The number of amides is 9. The highest BCUT2D eigenvalue weighted by Crippen LogP contribution is 2.29. The van der Waals surface area contributed by atoms with Gasteiger partial charge in [-0.15, -0.1) is 0 Å². The quantitative estimate of drug-likeness (QED) is 0.219. The first-order valence-corrected chi connectivity index (χ1v) is 36.1. The molecule has 2 aliphatic rings. The summed E-state index contributed by atoms with van der Waals surface area (Å²) in [5.74, 6) is -12.7. The van der Waals surface area contributed by atoms with Crippen LogP contribution in [0, 0.1) is 47.3 Å². The molecule has 9 amide bonds. The summed E-state index contributed by atoms with van der Waals surface area (Å²) in [5, 5.41) is 11.1. The Bertz CT molecular complexity index is 3130. The maximum absolute atomic E-state index is 15.4. The van der Waals surface area contributed by atoms with Crippen LogP contribution in [0.5, 0.6) is 0 Å². The van der Waals surface area contributed by atoms with Crippen molar-refractivity contribution in [3.63, 3.8) is 0 Å². The summed E-state index contributed by atoms with van der Waals surface area (Å²) in [7, 11) is 11.6. The molecule has 2 aromatic carbocycles. The minimum absolute atomic E-state index is 0.0127. The third kappa shape index (κ3) is 23.4. The number of piperidine rings is 1. The number of ketones is 4. The van der Waals surface area contributed by atoms with Crippen molar-refractivity contribution >= 4 is 76.3 Å². The van der Waals surface area contributed by atoms with Crippen LogP contribution in [0.15, 0.2) is 60.7 Å². The van der Waals surface area contributed by atoms with Crippen LogP contribution in [0.3, 0.4) is 0 Å². The Morgan fingerprint density at radius 1 is 0.480 bits per heavy atom. The van der Waals surface area contributed by atoms with E-state index in [0.717, 1.165) is 29.7 Å². The number of aliphatic hydroxyl groups is 1. The zero-order chi connectivity index (χ0) is 75.3. The molecule has 556 valence electrons. The fraction of sp³-hybridized carbons (Fsp3) is 0.675. The molecule has 0 bridgehead atoms. The van der Waals surface area contributed by atoms with Gasteiger partial charge in [0, 0.05) is 133 Å². The fourth-order valence-electron chi connectivity index (χ4n) is 14.0. The van der Waals surface area contributed by atoms with E-state index in [1.54, 1.807) is 49.9 Å². The Labute approximate surface area is 595 Å². The van der Waals surface area contributed by atoms with Crippen molar-refractivity contribution in [2.75, 3.05) is 82.6 Å². The number of likely N-dealkylation sites (tertiary alicyclic amines) is 1. The van der Waals surface area contributed by atoms with Gasteiger partial charge in [-0.05, 0) is 87.2 Å². The lowest BCUT2D eigenvalue weighted by Gasteiger charge is -2.39. The van der Waals surface area contributed by atoms with E-state index in [9.17, 15) is 43.5 Å². The molecule has 2 aliphatic heterocycles. The van der Waals surface area contributed by atoms with Crippen LogP contribution in [-0.2, 0) is 75.2 Å². The van der Waals surface area contributed by atoms with Crippen molar-refractivity contribution in [1.82, 2.24) is 44.1 Å². The molecule has 23 heteroatoms. The van der Waals surface area contributed by atoms with Gasteiger partial charge in [-0.25, -0.2) is 0 Å². The number of aliphatic hydroxyl groups excluding tert-OH is 1. The number of rotatable bonds is 13. The number of carbonyl (C=O) groups is 13. The fourth-order valence-corrected chi connectivity index (χ4v) is 14.0. The van der Waals surface area contributed by atoms with Gasteiger partial charge in [0.05, 0.1) is 42.6 Å². The zero-order valence-corrected chi connectivity index (χ0v) is 63.4. The number of nitrogens with zero attached hydrogens (tertiary/aromatic N) is 9. The molecule has 12 atom stereocenters. The smallest absolute Gasteiger partial charge is 0.246 e. The number of likely N-dealkylation sites (N-methyl/N-ethyl adjacent to an activating group) is 7. The highest BCUT2D eigenvalue weighted by Gasteiger charge is 2.44. The summed E-state index contributed by atoms with van der Waals surface area (Å²) in [5.41, 5.74) is 1.41. The average molecular weight is 1390 g/mol. The number of Topliss-reactive ketones (excluding diaryl/α,β-unsaturated/α-hetero) is 4. The minimum Gasteiger partial charge on any atom is -0.393 e. The first-order valence-electron chi connectivity index (χ1n) is 36.1. The molecular formula is C77H119N9O14. The van der Waals surface area contributed by atoms with Crippen molar-refractivity contribution < 1.29 is 67.4 Å². The van der Waals surface area contributed by atoms with Crippen LogP contribution in [-0.4, -0.2) is 250 Å². The molecule has 0 aromatic heterocycles. The average Bonchev–Trinajstić information content (AvgIpc) is 0.812. The molecule has 2 aromatic rings. The van der Waals surface area contributed by atoms with Crippen LogP contribution < -0.4 is 0 Å². The van der Waals surface area contributed by atoms with Gasteiger partial charge in [-0.1, -0.05) is 129 Å². The molecule has 2 fully saturated rings. The summed E-state index contributed by atoms with van der Waals surface area (Å²) in [4.78, 5) is 203. The molecule has 0 spiro atoms. The monoisotopic (exact) mass is 1390 g/mol. The molecule has 1 unspecified atom stereocenters. The van der Waals surface area contributed by atoms with Crippen LogP contribution in [0.1, 0.15) is 164 Å². The zero-order valence-electron chi connectivity index (χ0n) is 63.4. The maximum atomic E-state index is 15.4. The Kier molecular flexibility index (Phi) is 33.5. The second-order valence-corrected chi connectivity index (χ2v) is 29.9. The van der Waals surface area contributed by atoms with Crippen molar-refractivity contribution in [2.45, 2.75) is 208 Å². The number of carbonyl (C=O) groups excluding carboxylic acids is 13. The molecule has 0 aliphatic carbocycles. The third-order valence-electron chi connectivity index (χ3n) is 20.6. The standard InChI is InChI=1S/C77H119N9O14/c1-20-51(8)70-77(100)81(15)61(41-55-30-24-21-25-31-55)65(90)44-58(73(96)86-35-28-23-29-36-86)45-67(92)78(12)37-34-59(88)43-57(38-48(2)3)72(95)82(16)63(42-56-32-26-22-27-33-56)75(98)83(17)62(39-49(4)5)76(99)85(19)69(50(6)7)66(91)40-52(9)71(94)80(14)53(10)64(89)46-60(54(11)87)74(97)79(13)47-68(93)84(70)18/h21-22,24-27,30-33,48-54,57-58,60-63,69-70,87H,20,23,28-29,34-47H2,1-19H3/t51-,52+,53-,54+,57?,58-,60-,61-,62-,63-,69-,70-/m0/s1. The third-order valence-corrected chi connectivity index (χ3v) is 20.6. The Balaban J connectivity index is 1.87. The van der Waals surface area contributed by atoms with Gasteiger partial charge in [-0.3, -0.25) is 62.3 Å². The van der Waals surface area contributed by atoms with E-state index < -0.39 is 174 Å². The first kappa shape index (κ1) is 84.7. The van der Waals surface area contributed by atoms with Crippen molar-refractivity contribution in [1.29, 1.82) is 0 Å². The SMILES string of the molecule is CC[C@H](C)[C@H]1C(=O)N(C)[C@@H](Cc2ccccc2)C(=O)C[C@H](C(=O)N2CCCCC2)CC(=O)N(C)CCC(=O)CC(CC(C)C)C(=O)N(C)[C@@H](Cc2ccccc2)C(=O)N(C)[C@@H](CC(C)C)C(=O)N(C)[C@@H](C(C)C)C(=O)C[C@@H](C)C(=O)N(C)[C@@H](C)C(=O)C[C@@H]([C@@H](C)O)C(=O)N(C)CC(=O)N1C. The number of benzene rings is 2. The van der Waals surface area contributed by atoms with Crippen molar-refractivity contribution in [3.05, 3.63) is 71.8 Å². The lowest BCUT2D eigenvalue weighted by Crippen LogP contribution is -2.58. The van der Waals surface area contributed by atoms with E-state index in [-0.39, 0.29) is 69.1 Å². The molecule has 2 saturated heterocycles. The molecule has 23 nitrogen and oxygen atoms in total. The Morgan fingerprint density at radius 2 is 1.00 bits per heavy atom. The summed E-state index contributed by atoms with van der Waals surface area (Å²) in [6.07, 6.45) is -0.286. The van der Waals surface area contributed by atoms with Gasteiger partial charge in [0.2, 0.25) is 53.2 Å². The van der Waals surface area contributed by atoms with E-state index in [0.29, 0.717) is 25.1 Å². The van der Waals surface area contributed by atoms with Crippen LogP contribution in [0.25, 0.3) is 0 Å². The van der Waals surface area contributed by atoms with Crippen molar-refractivity contribution in [2.24, 2.45) is 47.3 Å². The second-order valence-electron chi connectivity index (χ2n) is 29.9. The molecule has 2 heterocycles. The molecule has 100 heavy (non-hydrogen) atoms. The maximum Gasteiger partial charge on any atom is 0.246 e. The van der Waals surface area contributed by atoms with E-state index in [4.69, 9.17) is 0 Å². The molecular weight excluding hydrogens is 1270 g/mol. The highest BCUT2D eigenvalue weighted by molar-refractivity contribution is 5.99. The van der Waals surface area contributed by atoms with E-state index in [2.05, 4.69) is 0 Å². The van der Waals surface area contributed by atoms with E-state index >= 15 is 24.0 Å². The summed E-state index contributed by atoms with van der Waals surface area (Å²) < 4.78 is 0. The molecule has 0 saturated carbocycles. The summed E-state index contributed by atoms with van der Waals surface area (Å²) in [6.45, 7) is 19.3. The van der Waals surface area contributed by atoms with Gasteiger partial charge in [-0.2, -0.15) is 0 Å². The largest absolute Gasteiger partial charge is 0.393 e. The lowest BCUT2D eigenvalue weighted by atomic mass is 9.89. The normalized spacial score (nSPS) is 26.2. The lowest BCUT2D eigenvalue weighted by molar-refractivity contribution is -0.154. The minimum atomic E-state index is -1.41. The topological polar surface area (TPSA) is 271 Å². The Hall–Kier alpha value is -7.69. The van der Waals surface area contributed by atoms with Gasteiger partial charge >= 0.3 is 0 Å². The first-order chi connectivity index (χ1) is 46.9. The van der Waals surface area contributed by atoms with Gasteiger partial charge in [0.15, 0.2) is 17.3 Å². The number of hydrogen-bond acceptors (Lipinski definition) is 14. The summed E-state index contributed by atoms with van der Waals surface area (Å²) >= 11 is 0. The predicted molar refractivity (Wildman–Crippen MR) is 383 cm³/mol. The molecule has 0 radical (unpaired) electrons. The van der Waals surface area contributed by atoms with Crippen molar-refractivity contribution in [3.8, 4) is 0 Å². The van der Waals surface area contributed by atoms with Gasteiger partial charge in [0.25, 0.3) is 0 Å². The predicted octanol–water partition coefficient (Wildman–Crippen LogP) is 6.67. The van der Waals surface area contributed by atoms with Crippen LogP contribution >= 0.6 is 0 Å². The van der Waals surface area contributed by atoms with E-state index in [1.165, 1.54) is 111 Å². The van der Waals surface area contributed by atoms with Gasteiger partial charge < -0.3 is 49.2 Å².